The molecule has 122 valence electrons. The lowest BCUT2D eigenvalue weighted by Crippen LogP contribution is -2.10. The van der Waals surface area contributed by atoms with Crippen molar-refractivity contribution in [1.29, 1.82) is 0 Å². The Morgan fingerprint density at radius 1 is 0.958 bits per heavy atom. The molecule has 0 aromatic heterocycles. The Morgan fingerprint density at radius 2 is 1.67 bits per heavy atom. The van der Waals surface area contributed by atoms with Crippen LogP contribution in [-0.4, -0.2) is 12.8 Å². The number of hydrogen-bond acceptors (Lipinski definition) is 1. The summed E-state index contributed by atoms with van der Waals surface area (Å²) in [7, 11) is 1.89. The lowest BCUT2D eigenvalue weighted by atomic mass is 9.82. The van der Waals surface area contributed by atoms with Crippen LogP contribution in [0.4, 0.5) is 0 Å². The number of hydrogen-bond donors (Lipinski definition) is 0. The van der Waals surface area contributed by atoms with E-state index in [1.54, 1.807) is 0 Å². The van der Waals surface area contributed by atoms with Crippen LogP contribution in [0.25, 0.3) is 5.57 Å². The summed E-state index contributed by atoms with van der Waals surface area (Å²) in [5.74, 6) is 0.418. The van der Waals surface area contributed by atoms with Crippen LogP contribution in [0.1, 0.15) is 49.3 Å². The summed E-state index contributed by atoms with van der Waals surface area (Å²) in [4.78, 5) is 4.58. The molecule has 0 fully saturated rings. The molecule has 1 nitrogen and oxygen atoms in total. The van der Waals surface area contributed by atoms with Crippen LogP contribution in [0.15, 0.2) is 77.3 Å². The van der Waals surface area contributed by atoms with Crippen LogP contribution >= 0.6 is 0 Å². The Hall–Kier alpha value is -2.41. The number of allylic oxidation sites excluding steroid dienone is 4. The summed E-state index contributed by atoms with van der Waals surface area (Å²) < 4.78 is 0. The normalized spacial score (nSPS) is 23.5. The molecule has 0 heterocycles. The third-order valence-electron chi connectivity index (χ3n) is 4.71. The highest BCUT2D eigenvalue weighted by molar-refractivity contribution is 6.12. The van der Waals surface area contributed by atoms with Crippen molar-refractivity contribution in [3.05, 3.63) is 89.0 Å². The number of fused-ring (bicyclic) bond motifs is 1. The van der Waals surface area contributed by atoms with Gasteiger partial charge in [0.1, 0.15) is 0 Å². The molecule has 0 saturated carbocycles. The minimum atomic E-state index is 0.418. The van der Waals surface area contributed by atoms with Crippen molar-refractivity contribution in [2.75, 3.05) is 7.05 Å². The molecule has 0 radical (unpaired) electrons. The van der Waals surface area contributed by atoms with Gasteiger partial charge in [0, 0.05) is 18.5 Å². The summed E-state index contributed by atoms with van der Waals surface area (Å²) in [6, 6.07) is 19.4. The SMILES string of the molecule is CCCC1/C=C(c2ccccc2)\C(C)=C/C(=NC)c2ccccc21. The number of rotatable bonds is 3. The molecule has 0 saturated heterocycles. The third kappa shape index (κ3) is 3.26. The van der Waals surface area contributed by atoms with E-state index in [9.17, 15) is 0 Å². The molecule has 24 heavy (non-hydrogen) atoms. The largest absolute Gasteiger partial charge is 0.288 e. The molecule has 2 aromatic rings. The minimum absolute atomic E-state index is 0.418. The Kier molecular flexibility index (Phi) is 5.10. The zero-order valence-electron chi connectivity index (χ0n) is 14.8. The quantitative estimate of drug-likeness (QED) is 0.655. The number of aliphatic imine (C=N–C) groups is 1. The fraction of sp³-hybridized carbons (Fsp3) is 0.261. The average Bonchev–Trinajstić information content (AvgIpc) is 2.62. The van der Waals surface area contributed by atoms with Gasteiger partial charge < -0.3 is 0 Å². The van der Waals surface area contributed by atoms with Gasteiger partial charge in [-0.05, 0) is 41.7 Å². The highest BCUT2D eigenvalue weighted by Crippen LogP contribution is 2.35. The van der Waals surface area contributed by atoms with Gasteiger partial charge in [-0.15, -0.1) is 0 Å². The molecule has 1 heteroatoms. The van der Waals surface area contributed by atoms with Crippen LogP contribution in [0, 0.1) is 0 Å². The lowest BCUT2D eigenvalue weighted by Gasteiger charge is -2.23. The molecule has 0 spiro atoms. The summed E-state index contributed by atoms with van der Waals surface area (Å²) in [5.41, 5.74) is 7.60. The highest BCUT2D eigenvalue weighted by atomic mass is 14.7. The van der Waals surface area contributed by atoms with E-state index in [1.165, 1.54) is 34.3 Å². The fourth-order valence-electron chi connectivity index (χ4n) is 3.51. The van der Waals surface area contributed by atoms with Crippen LogP contribution in [0.5, 0.6) is 0 Å². The topological polar surface area (TPSA) is 12.4 Å². The molecule has 0 amide bonds. The van der Waals surface area contributed by atoms with Crippen molar-refractivity contribution in [2.45, 2.75) is 32.6 Å². The molecule has 0 N–H and O–H groups in total. The van der Waals surface area contributed by atoms with Crippen molar-refractivity contribution < 1.29 is 0 Å². The maximum Gasteiger partial charge on any atom is 0.0649 e. The summed E-state index contributed by atoms with van der Waals surface area (Å²) in [5, 5.41) is 0. The molecule has 2 aromatic carbocycles. The Bertz CT molecular complexity index is 794. The zero-order chi connectivity index (χ0) is 16.9. The first-order chi connectivity index (χ1) is 11.7. The van der Waals surface area contributed by atoms with Crippen LogP contribution < -0.4 is 0 Å². The van der Waals surface area contributed by atoms with Crippen molar-refractivity contribution in [1.82, 2.24) is 0 Å². The van der Waals surface area contributed by atoms with Crippen molar-refractivity contribution in [2.24, 2.45) is 4.99 Å². The highest BCUT2D eigenvalue weighted by Gasteiger charge is 2.19. The Morgan fingerprint density at radius 3 is 2.38 bits per heavy atom. The predicted molar refractivity (Wildman–Crippen MR) is 105 cm³/mol. The lowest BCUT2D eigenvalue weighted by molar-refractivity contribution is 0.717. The first kappa shape index (κ1) is 16.4. The van der Waals surface area contributed by atoms with E-state index in [2.05, 4.69) is 85.6 Å². The fourth-order valence-corrected chi connectivity index (χ4v) is 3.51. The van der Waals surface area contributed by atoms with Gasteiger partial charge in [-0.25, -0.2) is 0 Å². The molecule has 1 atom stereocenters. The first-order valence-electron chi connectivity index (χ1n) is 8.76. The molecule has 1 unspecified atom stereocenters. The van der Waals surface area contributed by atoms with Crippen molar-refractivity contribution in [3.63, 3.8) is 0 Å². The van der Waals surface area contributed by atoms with E-state index in [1.807, 2.05) is 7.05 Å². The second-order valence-corrected chi connectivity index (χ2v) is 6.36. The van der Waals surface area contributed by atoms with Gasteiger partial charge >= 0.3 is 0 Å². The van der Waals surface area contributed by atoms with Gasteiger partial charge in [-0.2, -0.15) is 0 Å². The van der Waals surface area contributed by atoms with E-state index in [4.69, 9.17) is 0 Å². The molecule has 0 bridgehead atoms. The first-order valence-corrected chi connectivity index (χ1v) is 8.76. The van der Waals surface area contributed by atoms with Gasteiger partial charge in [0.25, 0.3) is 0 Å². The van der Waals surface area contributed by atoms with Gasteiger partial charge in [-0.1, -0.05) is 74.0 Å². The molecule has 1 aliphatic carbocycles. The second-order valence-electron chi connectivity index (χ2n) is 6.36. The molecule has 1 aliphatic rings. The van der Waals surface area contributed by atoms with E-state index >= 15 is 0 Å². The van der Waals surface area contributed by atoms with E-state index in [-0.39, 0.29) is 0 Å². The Balaban J connectivity index is 2.23. The second kappa shape index (κ2) is 7.44. The van der Waals surface area contributed by atoms with Crippen LogP contribution in [0.2, 0.25) is 0 Å². The summed E-state index contributed by atoms with van der Waals surface area (Å²) in [6.45, 7) is 4.45. The van der Waals surface area contributed by atoms with Gasteiger partial charge in [0.15, 0.2) is 0 Å². The number of nitrogens with zero attached hydrogens (tertiary/aromatic N) is 1. The third-order valence-corrected chi connectivity index (χ3v) is 4.71. The average molecular weight is 315 g/mol. The summed E-state index contributed by atoms with van der Waals surface area (Å²) >= 11 is 0. The summed E-state index contributed by atoms with van der Waals surface area (Å²) in [6.07, 6.45) is 6.99. The standard InChI is InChI=1S/C23H25N/c1-4-10-19-16-22(18-11-6-5-7-12-18)17(2)15-23(24-3)21-14-9-8-13-20(19)21/h5-9,11-16,19H,4,10H2,1-3H3/b17-15-,22-16+,24-23?. The van der Waals surface area contributed by atoms with Crippen LogP contribution in [-0.2, 0) is 0 Å². The molecule has 0 aliphatic heterocycles. The van der Waals surface area contributed by atoms with Crippen LogP contribution in [0.3, 0.4) is 0 Å². The van der Waals surface area contributed by atoms with Gasteiger partial charge in [0.05, 0.1) is 5.71 Å². The van der Waals surface area contributed by atoms with E-state index < -0.39 is 0 Å². The van der Waals surface area contributed by atoms with Crippen molar-refractivity contribution >= 4 is 11.3 Å². The van der Waals surface area contributed by atoms with E-state index in [0.717, 1.165) is 12.1 Å². The molecular weight excluding hydrogens is 290 g/mol. The van der Waals surface area contributed by atoms with Gasteiger partial charge in [-0.3, -0.25) is 4.99 Å². The predicted octanol–water partition coefficient (Wildman–Crippen LogP) is 6.03. The van der Waals surface area contributed by atoms with Crippen molar-refractivity contribution in [3.8, 4) is 0 Å². The maximum absolute atomic E-state index is 4.58. The minimum Gasteiger partial charge on any atom is -0.288 e. The maximum atomic E-state index is 4.58. The molecule has 3 rings (SSSR count). The number of benzene rings is 2. The van der Waals surface area contributed by atoms with Gasteiger partial charge in [0.2, 0.25) is 0 Å². The smallest absolute Gasteiger partial charge is 0.0649 e. The monoisotopic (exact) mass is 315 g/mol. The Labute approximate surface area is 145 Å². The van der Waals surface area contributed by atoms with E-state index in [0.29, 0.717) is 5.92 Å². The zero-order valence-corrected chi connectivity index (χ0v) is 14.8. The molecular formula is C23H25N.